The Morgan fingerprint density at radius 3 is 2.07 bits per heavy atom. The van der Waals surface area contributed by atoms with Crippen LogP contribution >= 0.6 is 11.3 Å². The molecule has 0 radical (unpaired) electrons. The second-order valence-corrected chi connectivity index (χ2v) is 5.59. The summed E-state index contributed by atoms with van der Waals surface area (Å²) in [6.07, 6.45) is 0. The van der Waals surface area contributed by atoms with Crippen molar-refractivity contribution in [2.45, 2.75) is 45.6 Å². The van der Waals surface area contributed by atoms with Gasteiger partial charge < -0.3 is 5.11 Å². The van der Waals surface area contributed by atoms with Crippen molar-refractivity contribution >= 4 is 11.3 Å². The van der Waals surface area contributed by atoms with Crippen molar-refractivity contribution in [3.63, 3.8) is 0 Å². The maximum Gasteiger partial charge on any atom is 0.281 e. The zero-order chi connectivity index (χ0) is 11.9. The van der Waals surface area contributed by atoms with Crippen LogP contribution in [-0.4, -0.2) is 10.1 Å². The Balaban J connectivity index is 3.24. The first-order chi connectivity index (χ1) is 6.66. The van der Waals surface area contributed by atoms with Crippen molar-refractivity contribution in [1.82, 2.24) is 4.98 Å². The Morgan fingerprint density at radius 2 is 1.80 bits per heavy atom. The van der Waals surface area contributed by atoms with E-state index in [-0.39, 0.29) is 16.0 Å². The van der Waals surface area contributed by atoms with Gasteiger partial charge in [0.05, 0.1) is 22.2 Å². The Morgan fingerprint density at radius 1 is 1.27 bits per heavy atom. The second kappa shape index (κ2) is 3.79. The first-order valence-electron chi connectivity index (χ1n) is 4.65. The molecule has 1 aromatic heterocycles. The molecular weight excluding hydrogens is 220 g/mol. The van der Waals surface area contributed by atoms with Gasteiger partial charge in [0.1, 0.15) is 0 Å². The van der Waals surface area contributed by atoms with Crippen molar-refractivity contribution in [3.05, 3.63) is 15.6 Å². The lowest BCUT2D eigenvalue weighted by molar-refractivity contribution is 0.0192. The van der Waals surface area contributed by atoms with Crippen molar-refractivity contribution in [2.24, 2.45) is 0 Å². The number of rotatable bonds is 2. The summed E-state index contributed by atoms with van der Waals surface area (Å²) >= 11 is 0.977. The van der Waals surface area contributed by atoms with Crippen LogP contribution in [0, 0.1) is 0 Å². The number of alkyl halides is 2. The first-order valence-corrected chi connectivity index (χ1v) is 5.47. The molecule has 0 unspecified atom stereocenters. The minimum atomic E-state index is -2.93. The Kier molecular flexibility index (Phi) is 3.16. The van der Waals surface area contributed by atoms with Crippen LogP contribution in [0.15, 0.2) is 0 Å². The standard InChI is InChI=1S/C10H15F2NOS/c1-9(2,3)8-13-6(5-14)7(15-8)10(4,11)12/h14H,5H2,1-4H3. The van der Waals surface area contributed by atoms with Crippen LogP contribution in [0.5, 0.6) is 0 Å². The van der Waals surface area contributed by atoms with Crippen molar-refractivity contribution in [1.29, 1.82) is 0 Å². The molecule has 0 saturated carbocycles. The largest absolute Gasteiger partial charge is 0.390 e. The number of hydrogen-bond acceptors (Lipinski definition) is 3. The lowest BCUT2D eigenvalue weighted by Gasteiger charge is -2.13. The maximum absolute atomic E-state index is 13.2. The maximum atomic E-state index is 13.2. The van der Waals surface area contributed by atoms with Gasteiger partial charge in [-0.15, -0.1) is 11.3 Å². The molecule has 1 aromatic rings. The van der Waals surface area contributed by atoms with Crippen molar-refractivity contribution < 1.29 is 13.9 Å². The summed E-state index contributed by atoms with van der Waals surface area (Å²) in [6.45, 7) is 6.11. The highest BCUT2D eigenvalue weighted by molar-refractivity contribution is 7.12. The van der Waals surface area contributed by atoms with Gasteiger partial charge in [-0.3, -0.25) is 0 Å². The molecule has 0 atom stereocenters. The van der Waals surface area contributed by atoms with E-state index in [0.717, 1.165) is 18.3 Å². The fourth-order valence-corrected chi connectivity index (χ4v) is 2.19. The van der Waals surface area contributed by atoms with Gasteiger partial charge in [0.25, 0.3) is 5.92 Å². The minimum Gasteiger partial charge on any atom is -0.390 e. The summed E-state index contributed by atoms with van der Waals surface area (Å²) in [5.41, 5.74) is -0.171. The molecule has 0 spiro atoms. The van der Waals surface area contributed by atoms with E-state index in [0.29, 0.717) is 5.01 Å². The van der Waals surface area contributed by atoms with Crippen LogP contribution in [-0.2, 0) is 17.9 Å². The molecule has 0 aromatic carbocycles. The average Bonchev–Trinajstić information content (AvgIpc) is 2.44. The van der Waals surface area contributed by atoms with Gasteiger partial charge in [0, 0.05) is 12.3 Å². The topological polar surface area (TPSA) is 33.1 Å². The van der Waals surface area contributed by atoms with Crippen LogP contribution in [0.3, 0.4) is 0 Å². The average molecular weight is 235 g/mol. The summed E-state index contributed by atoms with van der Waals surface area (Å²) in [5.74, 6) is -2.93. The molecule has 0 amide bonds. The minimum absolute atomic E-state index is 0.0948. The number of halogens is 2. The van der Waals surface area contributed by atoms with Gasteiger partial charge >= 0.3 is 0 Å². The third-order valence-electron chi connectivity index (χ3n) is 1.89. The molecule has 0 saturated heterocycles. The monoisotopic (exact) mass is 235 g/mol. The van der Waals surface area contributed by atoms with Crippen LogP contribution in [0.1, 0.15) is 43.3 Å². The third kappa shape index (κ3) is 2.72. The molecule has 1 N–H and O–H groups in total. The first kappa shape index (κ1) is 12.5. The fraction of sp³-hybridized carbons (Fsp3) is 0.700. The Labute approximate surface area is 92.0 Å². The number of aromatic nitrogens is 1. The van der Waals surface area contributed by atoms with Crippen LogP contribution in [0.4, 0.5) is 8.78 Å². The normalized spacial score (nSPS) is 13.3. The molecule has 86 valence electrons. The molecule has 1 heterocycles. The van der Waals surface area contributed by atoms with Crippen molar-refractivity contribution in [3.8, 4) is 0 Å². The van der Waals surface area contributed by atoms with Gasteiger partial charge in [-0.25, -0.2) is 13.8 Å². The Hall–Kier alpha value is -0.550. The van der Waals surface area contributed by atoms with Crippen molar-refractivity contribution in [2.75, 3.05) is 0 Å². The summed E-state index contributed by atoms with van der Waals surface area (Å²) in [6, 6.07) is 0. The summed E-state index contributed by atoms with van der Waals surface area (Å²) in [5, 5.41) is 9.60. The van der Waals surface area contributed by atoms with E-state index in [2.05, 4.69) is 4.98 Å². The number of thiazole rings is 1. The van der Waals surface area contributed by atoms with E-state index >= 15 is 0 Å². The lowest BCUT2D eigenvalue weighted by Crippen LogP contribution is -2.10. The third-order valence-corrected chi connectivity index (χ3v) is 3.58. The second-order valence-electron chi connectivity index (χ2n) is 4.59. The molecule has 5 heteroatoms. The highest BCUT2D eigenvalue weighted by Gasteiger charge is 2.33. The molecule has 0 bridgehead atoms. The fourth-order valence-electron chi connectivity index (χ4n) is 1.12. The smallest absolute Gasteiger partial charge is 0.281 e. The van der Waals surface area contributed by atoms with E-state index in [4.69, 9.17) is 5.11 Å². The van der Waals surface area contributed by atoms with E-state index in [1.165, 1.54) is 0 Å². The van der Waals surface area contributed by atoms with Crippen LogP contribution < -0.4 is 0 Å². The van der Waals surface area contributed by atoms with E-state index in [1.807, 2.05) is 20.8 Å². The molecule has 1 rings (SSSR count). The molecular formula is C10H15F2NOS. The summed E-state index contributed by atoms with van der Waals surface area (Å²) in [4.78, 5) is 3.93. The number of aliphatic hydroxyl groups is 1. The highest BCUT2D eigenvalue weighted by atomic mass is 32.1. The summed E-state index contributed by atoms with van der Waals surface area (Å²) < 4.78 is 26.3. The zero-order valence-electron chi connectivity index (χ0n) is 9.27. The van der Waals surface area contributed by atoms with Gasteiger partial charge in [0.2, 0.25) is 0 Å². The number of hydrogen-bond donors (Lipinski definition) is 1. The molecule has 15 heavy (non-hydrogen) atoms. The van der Waals surface area contributed by atoms with Crippen LogP contribution in [0.25, 0.3) is 0 Å². The quantitative estimate of drug-likeness (QED) is 0.854. The molecule has 0 aliphatic carbocycles. The SMILES string of the molecule is CC(C)(C)c1nc(CO)c(C(C)(F)F)s1. The molecule has 0 aliphatic heterocycles. The van der Waals surface area contributed by atoms with Gasteiger partial charge in [0.15, 0.2) is 0 Å². The van der Waals surface area contributed by atoms with E-state index in [9.17, 15) is 8.78 Å². The van der Waals surface area contributed by atoms with E-state index < -0.39 is 12.5 Å². The number of nitrogens with zero attached hydrogens (tertiary/aromatic N) is 1. The highest BCUT2D eigenvalue weighted by Crippen LogP contribution is 2.38. The summed E-state index contributed by atoms with van der Waals surface area (Å²) in [7, 11) is 0. The zero-order valence-corrected chi connectivity index (χ0v) is 10.1. The Bertz CT molecular complexity index is 349. The molecule has 2 nitrogen and oxygen atoms in total. The molecule has 0 fully saturated rings. The van der Waals surface area contributed by atoms with Gasteiger partial charge in [-0.2, -0.15) is 0 Å². The van der Waals surface area contributed by atoms with Crippen LogP contribution in [0.2, 0.25) is 0 Å². The van der Waals surface area contributed by atoms with Gasteiger partial charge in [-0.1, -0.05) is 20.8 Å². The van der Waals surface area contributed by atoms with Gasteiger partial charge in [-0.05, 0) is 0 Å². The predicted molar refractivity (Wildman–Crippen MR) is 56.3 cm³/mol. The van der Waals surface area contributed by atoms with E-state index in [1.54, 1.807) is 0 Å². The lowest BCUT2D eigenvalue weighted by atomic mass is 9.98. The predicted octanol–water partition coefficient (Wildman–Crippen LogP) is 3.04. The number of aliphatic hydroxyl groups excluding tert-OH is 1. The molecule has 0 aliphatic rings.